The summed E-state index contributed by atoms with van der Waals surface area (Å²) in [6, 6.07) is 7.77. The molecular formula is C29H38N6O3. The molecule has 38 heavy (non-hydrogen) atoms. The second-order valence-electron chi connectivity index (χ2n) is 10.8. The zero-order valence-corrected chi connectivity index (χ0v) is 23.3. The minimum absolute atomic E-state index is 0.00563. The fraction of sp³-hybridized carbons (Fsp3) is 0.448. The molecule has 1 fully saturated rings. The number of nitrogens with zero attached hydrogens (tertiary/aromatic N) is 4. The van der Waals surface area contributed by atoms with Crippen LogP contribution in [0.15, 0.2) is 59.5 Å². The van der Waals surface area contributed by atoms with E-state index in [1.165, 1.54) is 0 Å². The zero-order valence-electron chi connectivity index (χ0n) is 23.3. The van der Waals surface area contributed by atoms with Crippen molar-refractivity contribution in [2.45, 2.75) is 58.7 Å². The number of hydrogen-bond donors (Lipinski definition) is 2. The van der Waals surface area contributed by atoms with Crippen LogP contribution in [-0.2, 0) is 15.1 Å². The summed E-state index contributed by atoms with van der Waals surface area (Å²) in [4.78, 5) is 19.7. The predicted octanol–water partition coefficient (Wildman–Crippen LogP) is 4.54. The van der Waals surface area contributed by atoms with Gasteiger partial charge in [-0.15, -0.1) is 0 Å². The van der Waals surface area contributed by atoms with Crippen LogP contribution < -0.4 is 10.1 Å². The standard InChI is InChI=1S/C29H38N6O3/c1-18(20-8-10-23(37-7)11-9-20)34-16-21(12-27(34)36)19(2)38-28-24(15-31-6)25(30)13-26(33-28)22-14-32-35(17-22)29(3,4)5/h8-11,13-15,17-19,21,30-31H,12,16H2,1-7H3/b24-15+,30-25?/t18-,19+,21+/m0/s1. The molecule has 2 aliphatic rings. The van der Waals surface area contributed by atoms with Crippen molar-refractivity contribution >= 4 is 23.2 Å². The van der Waals surface area contributed by atoms with Crippen LogP contribution in [0.1, 0.15) is 58.2 Å². The van der Waals surface area contributed by atoms with Gasteiger partial charge in [0.05, 0.1) is 41.9 Å². The van der Waals surface area contributed by atoms with Crippen LogP contribution >= 0.6 is 0 Å². The lowest BCUT2D eigenvalue weighted by atomic mass is 10.0. The maximum Gasteiger partial charge on any atom is 0.225 e. The molecule has 0 radical (unpaired) electrons. The SMILES string of the molecule is CN/C=C1\C(=N)C=C(c2cnn(C(C)(C)C)c2)N=C1O[C@H](C)[C@@H]1CC(=O)N([C@@H](C)c2ccc(OC)cc2)C1. The van der Waals surface area contributed by atoms with Crippen LogP contribution in [-0.4, -0.2) is 59.0 Å². The number of aromatic nitrogens is 2. The molecule has 0 spiro atoms. The largest absolute Gasteiger partial charge is 0.497 e. The predicted molar refractivity (Wildman–Crippen MR) is 149 cm³/mol. The highest BCUT2D eigenvalue weighted by Crippen LogP contribution is 2.33. The van der Waals surface area contributed by atoms with E-state index in [0.717, 1.165) is 16.9 Å². The highest BCUT2D eigenvalue weighted by Gasteiger charge is 2.38. The van der Waals surface area contributed by atoms with Crippen LogP contribution in [0.4, 0.5) is 0 Å². The molecule has 3 atom stereocenters. The summed E-state index contributed by atoms with van der Waals surface area (Å²) in [5, 5.41) is 16.1. The molecule has 0 aliphatic carbocycles. The van der Waals surface area contributed by atoms with Crippen molar-refractivity contribution in [2.24, 2.45) is 10.9 Å². The fourth-order valence-electron chi connectivity index (χ4n) is 4.66. The number of nitrogens with one attached hydrogen (secondary N) is 2. The van der Waals surface area contributed by atoms with Gasteiger partial charge in [0.2, 0.25) is 11.8 Å². The first kappa shape index (κ1) is 27.2. The third-order valence-corrected chi connectivity index (χ3v) is 7.09. The molecule has 1 aromatic carbocycles. The molecule has 3 heterocycles. The van der Waals surface area contributed by atoms with E-state index in [1.807, 2.05) is 53.9 Å². The van der Waals surface area contributed by atoms with Crippen LogP contribution in [0.2, 0.25) is 0 Å². The van der Waals surface area contributed by atoms with Crippen molar-refractivity contribution in [1.29, 1.82) is 5.41 Å². The van der Waals surface area contributed by atoms with Crippen molar-refractivity contribution in [2.75, 3.05) is 20.7 Å². The smallest absolute Gasteiger partial charge is 0.225 e. The van der Waals surface area contributed by atoms with Crippen molar-refractivity contribution < 1.29 is 14.3 Å². The fourth-order valence-corrected chi connectivity index (χ4v) is 4.66. The van der Waals surface area contributed by atoms with E-state index in [9.17, 15) is 4.79 Å². The Balaban J connectivity index is 1.52. The first-order valence-electron chi connectivity index (χ1n) is 12.9. The number of amides is 1. The lowest BCUT2D eigenvalue weighted by Gasteiger charge is -2.27. The van der Waals surface area contributed by atoms with E-state index >= 15 is 0 Å². The van der Waals surface area contributed by atoms with E-state index < -0.39 is 0 Å². The monoisotopic (exact) mass is 518 g/mol. The second kappa shape index (κ2) is 10.8. The first-order chi connectivity index (χ1) is 18.0. The molecule has 9 nitrogen and oxygen atoms in total. The molecule has 0 saturated carbocycles. The third-order valence-electron chi connectivity index (χ3n) is 7.09. The molecule has 1 amide bonds. The van der Waals surface area contributed by atoms with Gasteiger partial charge >= 0.3 is 0 Å². The Morgan fingerprint density at radius 1 is 1.21 bits per heavy atom. The average molecular weight is 519 g/mol. The van der Waals surface area contributed by atoms with Crippen LogP contribution in [0.25, 0.3) is 5.70 Å². The maximum absolute atomic E-state index is 13.0. The molecular weight excluding hydrogens is 480 g/mol. The van der Waals surface area contributed by atoms with Gasteiger partial charge in [0.1, 0.15) is 11.9 Å². The Morgan fingerprint density at radius 3 is 2.53 bits per heavy atom. The Labute approximate surface area is 224 Å². The quantitative estimate of drug-likeness (QED) is 0.560. The van der Waals surface area contributed by atoms with Crippen molar-refractivity contribution in [3.05, 3.63) is 65.6 Å². The molecule has 0 unspecified atom stereocenters. The van der Waals surface area contributed by atoms with Gasteiger partial charge < -0.3 is 19.7 Å². The molecule has 202 valence electrons. The van der Waals surface area contributed by atoms with E-state index in [1.54, 1.807) is 32.6 Å². The highest BCUT2D eigenvalue weighted by atomic mass is 16.5. The summed E-state index contributed by atoms with van der Waals surface area (Å²) < 4.78 is 13.5. The molecule has 2 aliphatic heterocycles. The number of methoxy groups -OCH3 is 1. The van der Waals surface area contributed by atoms with Crippen LogP contribution in [0.5, 0.6) is 5.75 Å². The first-order valence-corrected chi connectivity index (χ1v) is 12.9. The number of benzene rings is 1. The maximum atomic E-state index is 13.0. The minimum atomic E-state index is -0.282. The van der Waals surface area contributed by atoms with Crippen LogP contribution in [0.3, 0.4) is 0 Å². The highest BCUT2D eigenvalue weighted by molar-refractivity contribution is 6.29. The second-order valence-corrected chi connectivity index (χ2v) is 10.8. The van der Waals surface area contributed by atoms with E-state index in [-0.39, 0.29) is 29.5 Å². The summed E-state index contributed by atoms with van der Waals surface area (Å²) in [6.07, 6.45) is 7.26. The number of ether oxygens (including phenoxy) is 2. The molecule has 0 bridgehead atoms. The average Bonchev–Trinajstić information content (AvgIpc) is 3.53. The number of likely N-dealkylation sites (tertiary alicyclic amines) is 1. The summed E-state index contributed by atoms with van der Waals surface area (Å²) in [6.45, 7) is 10.8. The molecule has 2 aromatic rings. The molecule has 1 saturated heterocycles. The Kier molecular flexibility index (Phi) is 7.76. The number of carbonyl (C=O) groups is 1. The number of rotatable bonds is 7. The number of carbonyl (C=O) groups excluding carboxylic acids is 1. The summed E-state index contributed by atoms with van der Waals surface area (Å²) >= 11 is 0. The topological polar surface area (TPSA) is 105 Å². The number of hydrogen-bond acceptors (Lipinski definition) is 7. The lowest BCUT2D eigenvalue weighted by Crippen LogP contribution is -2.32. The normalized spacial score (nSPS) is 20.8. The van der Waals surface area contributed by atoms with Crippen molar-refractivity contribution in [3.63, 3.8) is 0 Å². The number of aliphatic imine (C=N–C) groups is 1. The van der Waals surface area contributed by atoms with Crippen molar-refractivity contribution in [3.8, 4) is 5.75 Å². The van der Waals surface area contributed by atoms with E-state index in [2.05, 4.69) is 31.2 Å². The lowest BCUT2D eigenvalue weighted by molar-refractivity contribution is -0.129. The number of allylic oxidation sites excluding steroid dienone is 1. The third kappa shape index (κ3) is 5.66. The van der Waals surface area contributed by atoms with Gasteiger partial charge in [0.25, 0.3) is 0 Å². The zero-order chi connectivity index (χ0) is 27.6. The molecule has 1 aromatic heterocycles. The van der Waals surface area contributed by atoms with Gasteiger partial charge in [-0.3, -0.25) is 14.9 Å². The Hall–Kier alpha value is -3.88. The van der Waals surface area contributed by atoms with Crippen molar-refractivity contribution in [1.82, 2.24) is 20.0 Å². The summed E-state index contributed by atoms with van der Waals surface area (Å²) in [5.41, 5.74) is 3.20. The van der Waals surface area contributed by atoms with Gasteiger partial charge in [-0.25, -0.2) is 4.99 Å². The van der Waals surface area contributed by atoms with E-state index in [0.29, 0.717) is 35.8 Å². The summed E-state index contributed by atoms with van der Waals surface area (Å²) in [5.74, 6) is 1.26. The Bertz CT molecular complexity index is 1280. The van der Waals surface area contributed by atoms with E-state index in [4.69, 9.17) is 19.9 Å². The Morgan fingerprint density at radius 2 is 1.92 bits per heavy atom. The minimum Gasteiger partial charge on any atom is -0.497 e. The van der Waals surface area contributed by atoms with Gasteiger partial charge in [0, 0.05) is 43.9 Å². The van der Waals surface area contributed by atoms with Crippen LogP contribution in [0, 0.1) is 11.3 Å². The van der Waals surface area contributed by atoms with Gasteiger partial charge in [0.15, 0.2) is 0 Å². The van der Waals surface area contributed by atoms with Gasteiger partial charge in [-0.2, -0.15) is 5.10 Å². The van der Waals surface area contributed by atoms with Gasteiger partial charge in [-0.05, 0) is 58.4 Å². The van der Waals surface area contributed by atoms with Gasteiger partial charge in [-0.1, -0.05) is 12.1 Å². The molecule has 2 N–H and O–H groups in total. The molecule has 9 heteroatoms. The molecule has 4 rings (SSSR count). The summed E-state index contributed by atoms with van der Waals surface area (Å²) in [7, 11) is 3.42.